The molecule has 1 aromatic rings. The maximum atomic E-state index is 12.2. The van der Waals surface area contributed by atoms with Crippen molar-refractivity contribution in [3.05, 3.63) is 18.1 Å². The van der Waals surface area contributed by atoms with Crippen molar-refractivity contribution in [1.29, 1.82) is 5.26 Å². The Balaban J connectivity index is 2.64. The van der Waals surface area contributed by atoms with E-state index in [0.29, 0.717) is 6.54 Å². The average molecular weight is 304 g/mol. The standard InChI is InChI=1S/C15H20N4O3/c1-3-4-5-6-7-18-15(21)11(8-16)14(20)12-9-17-10-13(19-12)22-2/h9-11H,3-7H2,1-2H3,(H,18,21). The van der Waals surface area contributed by atoms with E-state index in [1.54, 1.807) is 6.07 Å². The summed E-state index contributed by atoms with van der Waals surface area (Å²) in [6.45, 7) is 2.55. The van der Waals surface area contributed by atoms with Crippen molar-refractivity contribution >= 4 is 11.7 Å². The number of amides is 1. The lowest BCUT2D eigenvalue weighted by Gasteiger charge is -2.09. The summed E-state index contributed by atoms with van der Waals surface area (Å²) in [5.41, 5.74) is -0.0629. The topological polar surface area (TPSA) is 105 Å². The molecule has 1 unspecified atom stereocenters. The minimum Gasteiger partial charge on any atom is -0.480 e. The summed E-state index contributed by atoms with van der Waals surface area (Å²) in [6, 6.07) is 1.72. The number of ketones is 1. The molecule has 1 atom stereocenters. The van der Waals surface area contributed by atoms with Gasteiger partial charge in [-0.1, -0.05) is 26.2 Å². The normalized spacial score (nSPS) is 11.3. The Hall–Kier alpha value is -2.49. The number of carbonyl (C=O) groups excluding carboxylic acids is 2. The van der Waals surface area contributed by atoms with Gasteiger partial charge in [0.2, 0.25) is 17.6 Å². The van der Waals surface area contributed by atoms with Gasteiger partial charge in [0, 0.05) is 6.54 Å². The molecule has 0 aliphatic carbocycles. The second kappa shape index (κ2) is 9.45. The molecule has 22 heavy (non-hydrogen) atoms. The molecule has 1 amide bonds. The van der Waals surface area contributed by atoms with Gasteiger partial charge in [0.15, 0.2) is 5.92 Å². The van der Waals surface area contributed by atoms with E-state index < -0.39 is 17.6 Å². The Labute approximate surface area is 129 Å². The first-order valence-electron chi connectivity index (χ1n) is 7.21. The van der Waals surface area contributed by atoms with Gasteiger partial charge >= 0.3 is 0 Å². The Morgan fingerprint density at radius 3 is 2.77 bits per heavy atom. The van der Waals surface area contributed by atoms with Crippen LogP contribution in [-0.4, -0.2) is 35.3 Å². The van der Waals surface area contributed by atoms with Gasteiger partial charge < -0.3 is 10.1 Å². The first-order chi connectivity index (χ1) is 10.6. The number of rotatable bonds is 9. The number of methoxy groups -OCH3 is 1. The number of aromatic nitrogens is 2. The molecule has 7 nitrogen and oxygen atoms in total. The van der Waals surface area contributed by atoms with Crippen molar-refractivity contribution in [3.8, 4) is 11.9 Å². The lowest BCUT2D eigenvalue weighted by molar-refractivity contribution is -0.122. The number of hydrogen-bond acceptors (Lipinski definition) is 6. The van der Waals surface area contributed by atoms with Crippen LogP contribution in [0, 0.1) is 17.2 Å². The molecule has 0 saturated heterocycles. The summed E-state index contributed by atoms with van der Waals surface area (Å²) < 4.78 is 4.87. The van der Waals surface area contributed by atoms with Crippen LogP contribution in [0.5, 0.6) is 5.88 Å². The summed E-state index contributed by atoms with van der Waals surface area (Å²) in [4.78, 5) is 31.8. The van der Waals surface area contributed by atoms with Crippen molar-refractivity contribution in [1.82, 2.24) is 15.3 Å². The van der Waals surface area contributed by atoms with E-state index in [1.165, 1.54) is 19.5 Å². The van der Waals surface area contributed by atoms with Crippen LogP contribution in [0.4, 0.5) is 0 Å². The fourth-order valence-electron chi connectivity index (χ4n) is 1.81. The van der Waals surface area contributed by atoms with Crippen LogP contribution in [0.25, 0.3) is 0 Å². The van der Waals surface area contributed by atoms with E-state index in [0.717, 1.165) is 25.7 Å². The minimum atomic E-state index is -1.42. The lowest BCUT2D eigenvalue weighted by Crippen LogP contribution is -2.35. The number of hydrogen-bond donors (Lipinski definition) is 1. The molecule has 1 rings (SSSR count). The Bertz CT molecular complexity index is 554. The molecule has 1 N–H and O–H groups in total. The van der Waals surface area contributed by atoms with Crippen molar-refractivity contribution in [2.75, 3.05) is 13.7 Å². The molecule has 0 aliphatic rings. The molecular formula is C15H20N4O3. The highest BCUT2D eigenvalue weighted by molar-refractivity contribution is 6.11. The van der Waals surface area contributed by atoms with Crippen LogP contribution < -0.4 is 10.1 Å². The van der Waals surface area contributed by atoms with Crippen LogP contribution in [0.1, 0.15) is 43.1 Å². The monoisotopic (exact) mass is 304 g/mol. The fraction of sp³-hybridized carbons (Fsp3) is 0.533. The molecule has 118 valence electrons. The molecule has 0 bridgehead atoms. The average Bonchev–Trinajstić information content (AvgIpc) is 2.55. The first-order valence-corrected chi connectivity index (χ1v) is 7.21. The smallest absolute Gasteiger partial charge is 0.245 e. The van der Waals surface area contributed by atoms with Crippen molar-refractivity contribution in [2.45, 2.75) is 32.6 Å². The van der Waals surface area contributed by atoms with Crippen LogP contribution in [-0.2, 0) is 4.79 Å². The van der Waals surface area contributed by atoms with Gasteiger partial charge in [-0.15, -0.1) is 0 Å². The van der Waals surface area contributed by atoms with Gasteiger partial charge in [-0.05, 0) is 6.42 Å². The number of nitrogens with zero attached hydrogens (tertiary/aromatic N) is 3. The van der Waals surface area contributed by atoms with E-state index in [1.807, 2.05) is 0 Å². The number of nitriles is 1. The van der Waals surface area contributed by atoms with Gasteiger partial charge in [0.1, 0.15) is 5.69 Å². The molecule has 1 aromatic heterocycles. The van der Waals surface area contributed by atoms with Gasteiger partial charge in [0.25, 0.3) is 0 Å². The summed E-state index contributed by atoms with van der Waals surface area (Å²) in [5.74, 6) is -2.55. The SMILES string of the molecule is CCCCCCNC(=O)C(C#N)C(=O)c1cncc(OC)n1. The summed E-state index contributed by atoms with van der Waals surface area (Å²) >= 11 is 0. The van der Waals surface area contributed by atoms with E-state index in [4.69, 9.17) is 10.00 Å². The Morgan fingerprint density at radius 2 is 2.14 bits per heavy atom. The zero-order valence-corrected chi connectivity index (χ0v) is 12.8. The quantitative estimate of drug-likeness (QED) is 0.421. The largest absolute Gasteiger partial charge is 0.480 e. The van der Waals surface area contributed by atoms with Gasteiger partial charge in [-0.2, -0.15) is 5.26 Å². The summed E-state index contributed by atoms with van der Waals surface area (Å²) in [7, 11) is 1.39. The van der Waals surface area contributed by atoms with Crippen molar-refractivity contribution in [3.63, 3.8) is 0 Å². The van der Waals surface area contributed by atoms with E-state index >= 15 is 0 Å². The maximum absolute atomic E-state index is 12.2. The lowest BCUT2D eigenvalue weighted by atomic mass is 10.0. The molecule has 0 fully saturated rings. The molecule has 1 heterocycles. The molecule has 0 spiro atoms. The van der Waals surface area contributed by atoms with E-state index in [-0.39, 0.29) is 11.6 Å². The Morgan fingerprint density at radius 1 is 1.36 bits per heavy atom. The second-order valence-corrected chi connectivity index (χ2v) is 4.72. The highest BCUT2D eigenvalue weighted by atomic mass is 16.5. The summed E-state index contributed by atoms with van der Waals surface area (Å²) in [5, 5.41) is 11.7. The summed E-state index contributed by atoms with van der Waals surface area (Å²) in [6.07, 6.45) is 6.57. The zero-order chi connectivity index (χ0) is 16.4. The third-order valence-corrected chi connectivity index (χ3v) is 3.06. The minimum absolute atomic E-state index is 0.0629. The molecule has 7 heteroatoms. The van der Waals surface area contributed by atoms with Gasteiger partial charge in [0.05, 0.1) is 25.6 Å². The number of ether oxygens (including phenoxy) is 1. The van der Waals surface area contributed by atoms with E-state index in [9.17, 15) is 9.59 Å². The highest BCUT2D eigenvalue weighted by Gasteiger charge is 2.28. The molecule has 0 saturated carbocycles. The van der Waals surface area contributed by atoms with Crippen LogP contribution in [0.3, 0.4) is 0 Å². The van der Waals surface area contributed by atoms with E-state index in [2.05, 4.69) is 22.2 Å². The number of Topliss-reactive ketones (excluding diaryl/α,β-unsaturated/α-hetero) is 1. The highest BCUT2D eigenvalue weighted by Crippen LogP contribution is 2.10. The molecule has 0 radical (unpaired) electrons. The number of carbonyl (C=O) groups is 2. The van der Waals surface area contributed by atoms with Gasteiger partial charge in [-0.3, -0.25) is 14.6 Å². The first kappa shape index (κ1) is 17.6. The van der Waals surface area contributed by atoms with Crippen molar-refractivity contribution in [2.24, 2.45) is 5.92 Å². The number of nitrogens with one attached hydrogen (secondary N) is 1. The maximum Gasteiger partial charge on any atom is 0.245 e. The predicted molar refractivity (Wildman–Crippen MR) is 79.2 cm³/mol. The molecule has 0 aromatic carbocycles. The Kier molecular flexibility index (Phi) is 7.54. The van der Waals surface area contributed by atoms with Crippen molar-refractivity contribution < 1.29 is 14.3 Å². The zero-order valence-electron chi connectivity index (χ0n) is 12.8. The van der Waals surface area contributed by atoms with Gasteiger partial charge in [-0.25, -0.2) is 4.98 Å². The van der Waals surface area contributed by atoms with Crippen LogP contribution >= 0.6 is 0 Å². The fourth-order valence-corrected chi connectivity index (χ4v) is 1.81. The third-order valence-electron chi connectivity index (χ3n) is 3.06. The molecule has 0 aliphatic heterocycles. The second-order valence-electron chi connectivity index (χ2n) is 4.72. The molecular weight excluding hydrogens is 284 g/mol. The third kappa shape index (κ3) is 5.13. The predicted octanol–water partition coefficient (Wildman–Crippen LogP) is 1.50. The van der Waals surface area contributed by atoms with Crippen LogP contribution in [0.15, 0.2) is 12.4 Å². The van der Waals surface area contributed by atoms with Crippen LogP contribution in [0.2, 0.25) is 0 Å². The number of unbranched alkanes of at least 4 members (excludes halogenated alkanes) is 3.